The number of nitrogens with zero attached hydrogens (tertiary/aromatic N) is 1. The van der Waals surface area contributed by atoms with E-state index in [1.54, 1.807) is 0 Å². The Kier molecular flexibility index (Phi) is 6.28. The number of fused-ring (bicyclic) bond motifs is 1. The van der Waals surface area contributed by atoms with E-state index in [0.29, 0.717) is 29.4 Å². The van der Waals surface area contributed by atoms with Gasteiger partial charge in [0, 0.05) is 17.0 Å². The Hall–Kier alpha value is -3.16. The Balaban J connectivity index is 1.50. The van der Waals surface area contributed by atoms with Crippen LogP contribution >= 0.6 is 0 Å². The Morgan fingerprint density at radius 2 is 1.91 bits per heavy atom. The lowest BCUT2D eigenvalue weighted by Crippen LogP contribution is -2.54. The van der Waals surface area contributed by atoms with Gasteiger partial charge in [-0.25, -0.2) is 9.59 Å². The van der Waals surface area contributed by atoms with Crippen LogP contribution in [0, 0.1) is 18.3 Å². The second kappa shape index (κ2) is 8.81. The van der Waals surface area contributed by atoms with Crippen molar-refractivity contribution in [2.45, 2.75) is 78.9 Å². The molecule has 1 aliphatic heterocycles. The highest BCUT2D eigenvalue weighted by Gasteiger charge is 2.56. The van der Waals surface area contributed by atoms with Crippen LogP contribution in [0.4, 0.5) is 4.79 Å². The van der Waals surface area contributed by atoms with Crippen molar-refractivity contribution in [3.63, 3.8) is 0 Å². The molecule has 2 fully saturated rings. The number of amides is 3. The standard InChI is InChI=1S/C27H34N2O6/c1-15(2)19-9-20-18(8-22(30)35-21(20)7-17(19)4)13-34-23(31)12-29-24(32)27(28-25(29)33)11-16(3)10-26(5,6)14-27/h7-9,15-16H,10-14H2,1-6H3,(H,28,33). The molecular weight excluding hydrogens is 448 g/mol. The lowest BCUT2D eigenvalue weighted by atomic mass is 9.64. The molecule has 1 aliphatic carbocycles. The first-order valence-corrected chi connectivity index (χ1v) is 12.2. The molecule has 2 aromatic rings. The van der Waals surface area contributed by atoms with Gasteiger partial charge in [-0.2, -0.15) is 0 Å². The van der Waals surface area contributed by atoms with Gasteiger partial charge in [-0.1, -0.05) is 34.6 Å². The highest BCUT2D eigenvalue weighted by Crippen LogP contribution is 2.46. The fourth-order valence-electron chi connectivity index (χ4n) is 6.12. The van der Waals surface area contributed by atoms with E-state index < -0.39 is 29.7 Å². The van der Waals surface area contributed by atoms with Crippen molar-refractivity contribution < 1.29 is 23.5 Å². The van der Waals surface area contributed by atoms with E-state index in [0.717, 1.165) is 22.4 Å². The van der Waals surface area contributed by atoms with Crippen LogP contribution in [0.2, 0.25) is 0 Å². The number of hydrogen-bond donors (Lipinski definition) is 1. The predicted octanol–water partition coefficient (Wildman–Crippen LogP) is 4.40. The summed E-state index contributed by atoms with van der Waals surface area (Å²) in [5, 5.41) is 3.56. The minimum Gasteiger partial charge on any atom is -0.459 e. The zero-order valence-electron chi connectivity index (χ0n) is 21.3. The summed E-state index contributed by atoms with van der Waals surface area (Å²) < 4.78 is 10.8. The normalized spacial score (nSPS) is 23.9. The van der Waals surface area contributed by atoms with Crippen molar-refractivity contribution in [2.24, 2.45) is 11.3 Å². The second-order valence-electron chi connectivity index (χ2n) is 11.4. The van der Waals surface area contributed by atoms with Crippen LogP contribution in [-0.2, 0) is 20.9 Å². The van der Waals surface area contributed by atoms with Gasteiger partial charge in [0.15, 0.2) is 0 Å². The van der Waals surface area contributed by atoms with Crippen LogP contribution in [0.5, 0.6) is 0 Å². The SMILES string of the molecule is Cc1cc2oc(=O)cc(COC(=O)CN3C(=O)NC4(CC(C)CC(C)(C)C4)C3=O)c2cc1C(C)C. The Morgan fingerprint density at radius 3 is 2.57 bits per heavy atom. The third-order valence-corrected chi connectivity index (χ3v) is 7.14. The number of ether oxygens (including phenoxy) is 1. The number of benzene rings is 1. The Bertz CT molecular complexity index is 1260. The molecule has 2 aliphatic rings. The maximum atomic E-state index is 13.3. The predicted molar refractivity (Wildman–Crippen MR) is 131 cm³/mol. The van der Waals surface area contributed by atoms with Gasteiger partial charge in [0.1, 0.15) is 24.3 Å². The van der Waals surface area contributed by atoms with E-state index in [4.69, 9.17) is 9.15 Å². The molecule has 1 N–H and O–H groups in total. The molecule has 1 saturated heterocycles. The third kappa shape index (κ3) is 4.83. The number of carbonyl (C=O) groups is 3. The van der Waals surface area contributed by atoms with Crippen LogP contribution in [-0.4, -0.2) is 34.9 Å². The lowest BCUT2D eigenvalue weighted by Gasteiger charge is -2.43. The fraction of sp³-hybridized carbons (Fsp3) is 0.556. The topological polar surface area (TPSA) is 106 Å². The Labute approximate surface area is 205 Å². The van der Waals surface area contributed by atoms with Gasteiger partial charge < -0.3 is 14.5 Å². The first-order chi connectivity index (χ1) is 16.3. The molecule has 0 radical (unpaired) electrons. The molecule has 2 heterocycles. The summed E-state index contributed by atoms with van der Waals surface area (Å²) in [5.41, 5.74) is 1.45. The number of carbonyl (C=O) groups excluding carboxylic acids is 3. The van der Waals surface area contributed by atoms with Crippen LogP contribution in [0.15, 0.2) is 27.4 Å². The minimum absolute atomic E-state index is 0.0974. The summed E-state index contributed by atoms with van der Waals surface area (Å²) in [4.78, 5) is 51.7. The summed E-state index contributed by atoms with van der Waals surface area (Å²) in [7, 11) is 0. The van der Waals surface area contributed by atoms with Crippen molar-refractivity contribution in [3.8, 4) is 0 Å². The number of urea groups is 1. The quantitative estimate of drug-likeness (QED) is 0.385. The zero-order valence-corrected chi connectivity index (χ0v) is 21.3. The van der Waals surface area contributed by atoms with Gasteiger partial charge in [0.25, 0.3) is 5.91 Å². The van der Waals surface area contributed by atoms with Gasteiger partial charge in [0.05, 0.1) is 0 Å². The molecular formula is C27H34N2O6. The van der Waals surface area contributed by atoms with Gasteiger partial charge in [-0.3, -0.25) is 14.5 Å². The summed E-state index contributed by atoms with van der Waals surface area (Å²) in [6, 6.07) is 4.51. The molecule has 2 unspecified atom stereocenters. The largest absolute Gasteiger partial charge is 0.459 e. The number of esters is 1. The van der Waals surface area contributed by atoms with Gasteiger partial charge in [0.2, 0.25) is 0 Å². The van der Waals surface area contributed by atoms with Crippen molar-refractivity contribution in [1.82, 2.24) is 10.2 Å². The lowest BCUT2D eigenvalue weighted by molar-refractivity contribution is -0.149. The maximum absolute atomic E-state index is 13.3. The van der Waals surface area contributed by atoms with Crippen LogP contribution in [0.3, 0.4) is 0 Å². The van der Waals surface area contributed by atoms with Crippen molar-refractivity contribution in [2.75, 3.05) is 6.54 Å². The van der Waals surface area contributed by atoms with E-state index >= 15 is 0 Å². The van der Waals surface area contributed by atoms with Crippen molar-refractivity contribution in [1.29, 1.82) is 0 Å². The number of rotatable bonds is 5. The van der Waals surface area contributed by atoms with E-state index in [1.807, 2.05) is 19.1 Å². The molecule has 1 aromatic heterocycles. The average molecular weight is 483 g/mol. The molecule has 8 nitrogen and oxygen atoms in total. The van der Waals surface area contributed by atoms with Crippen molar-refractivity contribution in [3.05, 3.63) is 45.3 Å². The smallest absolute Gasteiger partial charge is 0.336 e. The van der Waals surface area contributed by atoms with Crippen molar-refractivity contribution >= 4 is 28.9 Å². The molecule has 8 heteroatoms. The summed E-state index contributed by atoms with van der Waals surface area (Å²) in [6.45, 7) is 11.7. The molecule has 3 amide bonds. The molecule has 0 bridgehead atoms. The van der Waals surface area contributed by atoms with E-state index in [-0.39, 0.29) is 29.8 Å². The average Bonchev–Trinajstić information content (AvgIpc) is 2.92. The number of hydrogen-bond acceptors (Lipinski definition) is 6. The molecule has 1 saturated carbocycles. The Morgan fingerprint density at radius 1 is 1.20 bits per heavy atom. The number of imide groups is 1. The fourth-order valence-corrected chi connectivity index (χ4v) is 6.12. The molecule has 1 spiro atoms. The van der Waals surface area contributed by atoms with E-state index in [1.165, 1.54) is 6.07 Å². The van der Waals surface area contributed by atoms with Crippen LogP contribution in [0.1, 0.15) is 76.5 Å². The highest BCUT2D eigenvalue weighted by molar-refractivity contribution is 6.08. The minimum atomic E-state index is -0.974. The molecule has 35 heavy (non-hydrogen) atoms. The first-order valence-electron chi connectivity index (χ1n) is 12.2. The molecule has 188 valence electrons. The number of aryl methyl sites for hydroxylation is 1. The van der Waals surface area contributed by atoms with Gasteiger partial charge in [-0.15, -0.1) is 0 Å². The highest BCUT2D eigenvalue weighted by atomic mass is 16.5. The number of nitrogens with one attached hydrogen (secondary N) is 1. The molecule has 1 aromatic carbocycles. The summed E-state index contributed by atoms with van der Waals surface area (Å²) in [5.74, 6) is -0.554. The van der Waals surface area contributed by atoms with E-state index in [9.17, 15) is 19.2 Å². The van der Waals surface area contributed by atoms with E-state index in [2.05, 4.69) is 39.9 Å². The maximum Gasteiger partial charge on any atom is 0.336 e. The third-order valence-electron chi connectivity index (χ3n) is 7.14. The second-order valence-corrected chi connectivity index (χ2v) is 11.4. The molecule has 2 atom stereocenters. The van der Waals surface area contributed by atoms with Crippen LogP contribution < -0.4 is 10.9 Å². The zero-order chi connectivity index (χ0) is 25.7. The molecule has 4 rings (SSSR count). The van der Waals surface area contributed by atoms with Gasteiger partial charge >= 0.3 is 17.6 Å². The monoisotopic (exact) mass is 482 g/mol. The first kappa shape index (κ1) is 24.9. The van der Waals surface area contributed by atoms with Gasteiger partial charge in [-0.05, 0) is 66.7 Å². The summed E-state index contributed by atoms with van der Waals surface area (Å²) in [6.07, 6.45) is 2.05. The summed E-state index contributed by atoms with van der Waals surface area (Å²) >= 11 is 0. The van der Waals surface area contributed by atoms with Crippen LogP contribution in [0.25, 0.3) is 11.0 Å².